The van der Waals surface area contributed by atoms with Gasteiger partial charge in [0.2, 0.25) is 0 Å². The number of benzene rings is 1. The van der Waals surface area contributed by atoms with Crippen LogP contribution in [0.15, 0.2) is 30.5 Å². The average molecular weight is 260 g/mol. The summed E-state index contributed by atoms with van der Waals surface area (Å²) in [5.41, 5.74) is 8.08. The molecule has 0 unspecified atom stereocenters. The molecule has 0 amide bonds. The summed E-state index contributed by atoms with van der Waals surface area (Å²) < 4.78 is 1.84. The van der Waals surface area contributed by atoms with E-state index in [1.807, 2.05) is 35.0 Å². The maximum absolute atomic E-state index is 5.82. The maximum Gasteiger partial charge on any atom is 0.254 e. The van der Waals surface area contributed by atoms with Gasteiger partial charge in [-0.2, -0.15) is 0 Å². The Balaban J connectivity index is 2.24. The van der Waals surface area contributed by atoms with Crippen LogP contribution in [-0.4, -0.2) is 19.7 Å². The predicted octanol–water partition coefficient (Wildman–Crippen LogP) is 2.36. The number of hydrogen-bond donors (Lipinski definition) is 1. The summed E-state index contributed by atoms with van der Waals surface area (Å²) in [6, 6.07) is 7.67. The zero-order chi connectivity index (χ0) is 12.7. The molecule has 0 aliphatic carbocycles. The number of nitrogens with zero attached hydrogens (tertiary/aromatic N) is 4. The Bertz CT molecular complexity index is 734. The number of aryl methyl sites for hydroxylation is 1. The Kier molecular flexibility index (Phi) is 2.41. The molecule has 0 bridgehead atoms. The van der Waals surface area contributed by atoms with E-state index >= 15 is 0 Å². The van der Waals surface area contributed by atoms with Gasteiger partial charge in [-0.3, -0.25) is 4.57 Å². The predicted molar refractivity (Wildman–Crippen MR) is 70.8 cm³/mol. The van der Waals surface area contributed by atoms with E-state index in [0.29, 0.717) is 22.5 Å². The SMILES string of the molecule is Cc1nc(-n2ccc3ccc(N)cc32)nnc1Cl. The van der Waals surface area contributed by atoms with E-state index in [1.54, 1.807) is 6.92 Å². The fraction of sp³-hybridized carbons (Fsp3) is 0.0833. The fourth-order valence-corrected chi connectivity index (χ4v) is 1.88. The Morgan fingerprint density at radius 2 is 2.06 bits per heavy atom. The Morgan fingerprint density at radius 3 is 2.83 bits per heavy atom. The molecule has 6 heteroatoms. The van der Waals surface area contributed by atoms with Crippen molar-refractivity contribution in [2.24, 2.45) is 0 Å². The minimum absolute atomic E-state index is 0.315. The van der Waals surface area contributed by atoms with Gasteiger partial charge in [0.1, 0.15) is 0 Å². The first-order chi connectivity index (χ1) is 8.65. The molecule has 3 rings (SSSR count). The molecule has 2 heterocycles. The monoisotopic (exact) mass is 259 g/mol. The smallest absolute Gasteiger partial charge is 0.254 e. The molecule has 2 aromatic heterocycles. The van der Waals surface area contributed by atoms with Gasteiger partial charge in [0.15, 0.2) is 5.15 Å². The molecule has 3 aromatic rings. The molecule has 5 nitrogen and oxygen atoms in total. The minimum Gasteiger partial charge on any atom is -0.399 e. The molecule has 0 radical (unpaired) electrons. The summed E-state index contributed by atoms with van der Waals surface area (Å²) in [7, 11) is 0. The van der Waals surface area contributed by atoms with Crippen molar-refractivity contribution < 1.29 is 0 Å². The zero-order valence-electron chi connectivity index (χ0n) is 9.63. The largest absolute Gasteiger partial charge is 0.399 e. The summed E-state index contributed by atoms with van der Waals surface area (Å²) >= 11 is 5.82. The van der Waals surface area contributed by atoms with Crippen molar-refractivity contribution in [3.8, 4) is 5.95 Å². The van der Waals surface area contributed by atoms with Crippen LogP contribution in [0.25, 0.3) is 16.9 Å². The lowest BCUT2D eigenvalue weighted by atomic mass is 10.2. The van der Waals surface area contributed by atoms with Gasteiger partial charge in [-0.15, -0.1) is 10.2 Å². The van der Waals surface area contributed by atoms with Crippen molar-refractivity contribution in [2.75, 3.05) is 5.73 Å². The number of anilines is 1. The molecular weight excluding hydrogens is 250 g/mol. The third-order valence-corrected chi connectivity index (χ3v) is 3.08. The van der Waals surface area contributed by atoms with Crippen LogP contribution in [-0.2, 0) is 0 Å². The number of nitrogens with two attached hydrogens (primary N) is 1. The van der Waals surface area contributed by atoms with E-state index in [4.69, 9.17) is 17.3 Å². The summed E-state index contributed by atoms with van der Waals surface area (Å²) in [5.74, 6) is 0.484. The molecule has 1 aromatic carbocycles. The first kappa shape index (κ1) is 11.0. The van der Waals surface area contributed by atoms with Crippen LogP contribution in [0, 0.1) is 6.92 Å². The number of hydrogen-bond acceptors (Lipinski definition) is 4. The van der Waals surface area contributed by atoms with Crippen LogP contribution in [0.2, 0.25) is 5.15 Å². The fourth-order valence-electron chi connectivity index (χ4n) is 1.80. The highest BCUT2D eigenvalue weighted by Gasteiger charge is 2.08. The third kappa shape index (κ3) is 1.69. The van der Waals surface area contributed by atoms with Gasteiger partial charge in [-0.25, -0.2) is 4.98 Å². The van der Waals surface area contributed by atoms with Crippen molar-refractivity contribution in [2.45, 2.75) is 6.92 Å². The van der Waals surface area contributed by atoms with E-state index in [1.165, 1.54) is 0 Å². The van der Waals surface area contributed by atoms with Gasteiger partial charge < -0.3 is 5.73 Å². The second kappa shape index (κ2) is 3.96. The molecule has 0 aliphatic heterocycles. The van der Waals surface area contributed by atoms with E-state index in [0.717, 1.165) is 10.9 Å². The second-order valence-electron chi connectivity index (χ2n) is 3.99. The van der Waals surface area contributed by atoms with Gasteiger partial charge in [-0.1, -0.05) is 17.7 Å². The van der Waals surface area contributed by atoms with E-state index < -0.39 is 0 Å². The highest BCUT2D eigenvalue weighted by molar-refractivity contribution is 6.29. The van der Waals surface area contributed by atoms with Gasteiger partial charge in [-0.05, 0) is 25.1 Å². The van der Waals surface area contributed by atoms with Crippen LogP contribution < -0.4 is 5.73 Å². The molecule has 90 valence electrons. The number of fused-ring (bicyclic) bond motifs is 1. The molecule has 0 fully saturated rings. The van der Waals surface area contributed by atoms with Gasteiger partial charge >= 0.3 is 0 Å². The molecule has 0 saturated carbocycles. The molecule has 18 heavy (non-hydrogen) atoms. The van der Waals surface area contributed by atoms with Crippen molar-refractivity contribution in [3.05, 3.63) is 41.3 Å². The molecule has 0 atom stereocenters. The van der Waals surface area contributed by atoms with Gasteiger partial charge in [0.25, 0.3) is 5.95 Å². The van der Waals surface area contributed by atoms with Crippen molar-refractivity contribution in [3.63, 3.8) is 0 Å². The topological polar surface area (TPSA) is 69.6 Å². The van der Waals surface area contributed by atoms with Crippen molar-refractivity contribution in [1.82, 2.24) is 19.7 Å². The summed E-state index contributed by atoms with van der Waals surface area (Å²) in [5, 5.41) is 9.24. The lowest BCUT2D eigenvalue weighted by molar-refractivity contribution is 0.855. The molecule has 0 saturated heterocycles. The van der Waals surface area contributed by atoms with E-state index in [-0.39, 0.29) is 0 Å². The van der Waals surface area contributed by atoms with Crippen LogP contribution >= 0.6 is 11.6 Å². The Labute approximate surface area is 108 Å². The minimum atomic E-state index is 0.315. The summed E-state index contributed by atoms with van der Waals surface area (Å²) in [6.07, 6.45) is 1.88. The highest BCUT2D eigenvalue weighted by Crippen LogP contribution is 2.21. The van der Waals surface area contributed by atoms with E-state index in [2.05, 4.69) is 15.2 Å². The molecule has 0 aliphatic rings. The average Bonchev–Trinajstić information content (AvgIpc) is 2.75. The number of rotatable bonds is 1. The normalized spacial score (nSPS) is 11.0. The van der Waals surface area contributed by atoms with Crippen molar-refractivity contribution in [1.29, 1.82) is 0 Å². The number of aromatic nitrogens is 4. The first-order valence-electron chi connectivity index (χ1n) is 5.39. The number of nitrogen functional groups attached to an aromatic ring is 1. The van der Waals surface area contributed by atoms with Gasteiger partial charge in [0, 0.05) is 17.3 Å². The quantitative estimate of drug-likeness (QED) is 0.681. The number of halogens is 1. The highest BCUT2D eigenvalue weighted by atomic mass is 35.5. The van der Waals surface area contributed by atoms with E-state index in [9.17, 15) is 0 Å². The third-order valence-electron chi connectivity index (χ3n) is 2.73. The maximum atomic E-state index is 5.82. The Hall–Kier alpha value is -2.14. The van der Waals surface area contributed by atoms with Crippen LogP contribution in [0.5, 0.6) is 0 Å². The lowest BCUT2D eigenvalue weighted by Crippen LogP contribution is -2.03. The lowest BCUT2D eigenvalue weighted by Gasteiger charge is -2.04. The van der Waals surface area contributed by atoms with Crippen LogP contribution in [0.1, 0.15) is 5.69 Å². The van der Waals surface area contributed by atoms with Crippen molar-refractivity contribution >= 4 is 28.2 Å². The standard InChI is InChI=1S/C12H10ClN5/c1-7-11(13)16-17-12(15-7)18-5-4-8-2-3-9(14)6-10(8)18/h2-6H,14H2,1H3. The zero-order valence-corrected chi connectivity index (χ0v) is 10.4. The summed E-state index contributed by atoms with van der Waals surface area (Å²) in [4.78, 5) is 4.31. The first-order valence-corrected chi connectivity index (χ1v) is 5.77. The summed E-state index contributed by atoms with van der Waals surface area (Å²) in [6.45, 7) is 1.79. The van der Waals surface area contributed by atoms with Crippen LogP contribution in [0.4, 0.5) is 5.69 Å². The van der Waals surface area contributed by atoms with Crippen LogP contribution in [0.3, 0.4) is 0 Å². The molecular formula is C12H10ClN5. The van der Waals surface area contributed by atoms with Gasteiger partial charge in [0.05, 0.1) is 11.2 Å². The Morgan fingerprint density at radius 1 is 1.22 bits per heavy atom. The second-order valence-corrected chi connectivity index (χ2v) is 4.35. The molecule has 0 spiro atoms. The molecule has 2 N–H and O–H groups in total.